The van der Waals surface area contributed by atoms with Crippen LogP contribution in [0.3, 0.4) is 0 Å². The topological polar surface area (TPSA) is 35.0 Å². The highest BCUT2D eigenvalue weighted by atomic mass is 35.5. The van der Waals surface area contributed by atoms with Crippen LogP contribution in [0.1, 0.15) is 5.56 Å². The molecule has 0 aromatic heterocycles. The average molecular weight is 239 g/mol. The Bertz CT molecular complexity index is 219. The van der Waals surface area contributed by atoms with Crippen molar-refractivity contribution in [2.45, 2.75) is 6.54 Å². The standard InChI is InChI=1S/C10H16N.2ClH.H3N/c1-11(2,3)9-10-7-5-4-6-8-10;;;/h4-8H,9H2,1-3H3;2*1H;1H3/q+1;;;/p-1. The van der Waals surface area contributed by atoms with Crippen molar-refractivity contribution >= 4 is 12.4 Å². The average Bonchev–Trinajstić information content (AvgIpc) is 1.85. The minimum absolute atomic E-state index is 0. The monoisotopic (exact) mass is 238 g/mol. The summed E-state index contributed by atoms with van der Waals surface area (Å²) >= 11 is 0. The van der Waals surface area contributed by atoms with Crippen LogP contribution in [-0.4, -0.2) is 25.6 Å². The second-order valence-corrected chi connectivity index (χ2v) is 3.93. The van der Waals surface area contributed by atoms with Crippen LogP contribution in [0.15, 0.2) is 30.3 Å². The van der Waals surface area contributed by atoms with Crippen LogP contribution in [-0.2, 0) is 6.54 Å². The van der Waals surface area contributed by atoms with Gasteiger partial charge in [0.25, 0.3) is 0 Å². The van der Waals surface area contributed by atoms with Crippen molar-refractivity contribution < 1.29 is 16.9 Å². The molecule has 0 atom stereocenters. The van der Waals surface area contributed by atoms with E-state index in [0.29, 0.717) is 0 Å². The van der Waals surface area contributed by atoms with Gasteiger partial charge in [-0.1, -0.05) is 30.3 Å². The molecular formula is C10H20Cl2N2. The van der Waals surface area contributed by atoms with E-state index in [4.69, 9.17) is 0 Å². The summed E-state index contributed by atoms with van der Waals surface area (Å²) in [5, 5.41) is 0. The first-order valence-electron chi connectivity index (χ1n) is 3.92. The second-order valence-electron chi connectivity index (χ2n) is 3.93. The molecule has 0 aliphatic heterocycles. The fourth-order valence-corrected chi connectivity index (χ4v) is 1.13. The van der Waals surface area contributed by atoms with Gasteiger partial charge in [-0.3, -0.25) is 0 Å². The Morgan fingerprint density at radius 3 is 1.79 bits per heavy atom. The summed E-state index contributed by atoms with van der Waals surface area (Å²) in [7, 11) is 6.60. The molecule has 0 amide bonds. The molecule has 1 rings (SSSR count). The molecule has 1 aromatic rings. The molecule has 0 spiro atoms. The van der Waals surface area contributed by atoms with Gasteiger partial charge >= 0.3 is 0 Å². The van der Waals surface area contributed by atoms with Gasteiger partial charge in [0, 0.05) is 5.56 Å². The van der Waals surface area contributed by atoms with Gasteiger partial charge in [0.15, 0.2) is 0 Å². The number of benzene rings is 1. The van der Waals surface area contributed by atoms with Crippen molar-refractivity contribution in [3.8, 4) is 0 Å². The van der Waals surface area contributed by atoms with Gasteiger partial charge < -0.3 is 23.0 Å². The minimum atomic E-state index is 0. The van der Waals surface area contributed by atoms with Crippen molar-refractivity contribution in [1.82, 2.24) is 6.15 Å². The predicted octanol–water partition coefficient (Wildman–Crippen LogP) is -0.519. The van der Waals surface area contributed by atoms with Crippen molar-refractivity contribution in [2.24, 2.45) is 0 Å². The fourth-order valence-electron chi connectivity index (χ4n) is 1.13. The number of nitrogens with zero attached hydrogens (tertiary/aromatic N) is 1. The first kappa shape index (κ1) is 19.3. The molecule has 84 valence electrons. The normalized spacial score (nSPS) is 9.07. The Morgan fingerprint density at radius 2 is 1.43 bits per heavy atom. The SMILES string of the molecule is C[N+](C)(C)Cc1ccccc1.Cl.N.[Cl-]. The lowest BCUT2D eigenvalue weighted by Gasteiger charge is -2.23. The summed E-state index contributed by atoms with van der Waals surface area (Å²) in [4.78, 5) is 0. The zero-order valence-corrected chi connectivity index (χ0v) is 10.6. The summed E-state index contributed by atoms with van der Waals surface area (Å²) in [5.41, 5.74) is 1.40. The van der Waals surface area contributed by atoms with Crippen LogP contribution in [0.25, 0.3) is 0 Å². The van der Waals surface area contributed by atoms with Crippen LogP contribution in [0.5, 0.6) is 0 Å². The van der Waals surface area contributed by atoms with Gasteiger partial charge in [-0.05, 0) is 0 Å². The molecule has 4 heteroatoms. The molecular weight excluding hydrogens is 219 g/mol. The molecule has 0 heterocycles. The van der Waals surface area contributed by atoms with Gasteiger partial charge in [0.05, 0.1) is 21.1 Å². The van der Waals surface area contributed by atoms with Crippen LogP contribution in [0.2, 0.25) is 0 Å². The molecule has 0 saturated carbocycles. The van der Waals surface area contributed by atoms with Gasteiger partial charge in [-0.25, -0.2) is 0 Å². The van der Waals surface area contributed by atoms with E-state index in [2.05, 4.69) is 51.5 Å². The molecule has 1 aromatic carbocycles. The lowest BCUT2D eigenvalue weighted by Crippen LogP contribution is -3.00. The van der Waals surface area contributed by atoms with E-state index < -0.39 is 0 Å². The minimum Gasteiger partial charge on any atom is -1.00 e. The molecule has 2 nitrogen and oxygen atoms in total. The molecule has 0 saturated heterocycles. The van der Waals surface area contributed by atoms with Crippen LogP contribution >= 0.6 is 12.4 Å². The highest BCUT2D eigenvalue weighted by Crippen LogP contribution is 2.04. The molecule has 0 radical (unpaired) electrons. The van der Waals surface area contributed by atoms with E-state index in [1.54, 1.807) is 0 Å². The molecule has 3 N–H and O–H groups in total. The van der Waals surface area contributed by atoms with Crippen LogP contribution < -0.4 is 18.6 Å². The first-order valence-corrected chi connectivity index (χ1v) is 3.92. The molecule has 0 fully saturated rings. The van der Waals surface area contributed by atoms with Crippen molar-refractivity contribution in [2.75, 3.05) is 21.1 Å². The Hall–Kier alpha value is -0.280. The lowest BCUT2D eigenvalue weighted by molar-refractivity contribution is -0.884. The molecule has 0 unspecified atom stereocenters. The van der Waals surface area contributed by atoms with Crippen LogP contribution in [0.4, 0.5) is 0 Å². The number of halogens is 2. The molecule has 0 aliphatic rings. The van der Waals surface area contributed by atoms with Gasteiger partial charge in [-0.15, -0.1) is 12.4 Å². The summed E-state index contributed by atoms with van der Waals surface area (Å²) in [6, 6.07) is 10.6. The quantitative estimate of drug-likeness (QED) is 0.692. The third-order valence-corrected chi connectivity index (χ3v) is 1.50. The third-order valence-electron chi connectivity index (χ3n) is 1.50. The van der Waals surface area contributed by atoms with Gasteiger partial charge in [0.2, 0.25) is 0 Å². The Kier molecular flexibility index (Phi) is 11.1. The number of rotatable bonds is 2. The van der Waals surface area contributed by atoms with Crippen LogP contribution in [0, 0.1) is 0 Å². The number of quaternary nitrogens is 1. The highest BCUT2D eigenvalue weighted by molar-refractivity contribution is 5.85. The van der Waals surface area contributed by atoms with E-state index in [9.17, 15) is 0 Å². The van der Waals surface area contributed by atoms with E-state index in [0.717, 1.165) is 11.0 Å². The lowest BCUT2D eigenvalue weighted by atomic mass is 10.2. The number of hydrogen-bond acceptors (Lipinski definition) is 1. The number of hydrogen-bond donors (Lipinski definition) is 1. The van der Waals surface area contributed by atoms with Crippen molar-refractivity contribution in [3.63, 3.8) is 0 Å². The van der Waals surface area contributed by atoms with E-state index in [-0.39, 0.29) is 31.0 Å². The summed E-state index contributed by atoms with van der Waals surface area (Å²) in [5.74, 6) is 0. The maximum Gasteiger partial charge on any atom is 0.104 e. The largest absolute Gasteiger partial charge is 1.00 e. The Labute approximate surface area is 99.3 Å². The van der Waals surface area contributed by atoms with E-state index in [1.165, 1.54) is 5.56 Å². The predicted molar refractivity (Wildman–Crippen MR) is 60.4 cm³/mol. The molecule has 0 aliphatic carbocycles. The van der Waals surface area contributed by atoms with E-state index >= 15 is 0 Å². The fraction of sp³-hybridized carbons (Fsp3) is 0.400. The maximum atomic E-state index is 2.20. The Morgan fingerprint density at radius 1 is 1.00 bits per heavy atom. The maximum absolute atomic E-state index is 2.20. The van der Waals surface area contributed by atoms with Crippen molar-refractivity contribution in [1.29, 1.82) is 0 Å². The second kappa shape index (κ2) is 8.06. The summed E-state index contributed by atoms with van der Waals surface area (Å²) < 4.78 is 0.990. The summed E-state index contributed by atoms with van der Waals surface area (Å²) in [6.45, 7) is 1.10. The first-order chi connectivity index (χ1) is 5.08. The van der Waals surface area contributed by atoms with E-state index in [1.807, 2.05) is 0 Å². The zero-order chi connectivity index (χ0) is 8.32. The molecule has 14 heavy (non-hydrogen) atoms. The highest BCUT2D eigenvalue weighted by Gasteiger charge is 2.06. The summed E-state index contributed by atoms with van der Waals surface area (Å²) in [6.07, 6.45) is 0. The smallest absolute Gasteiger partial charge is 0.104 e. The van der Waals surface area contributed by atoms with Gasteiger partial charge in [0.1, 0.15) is 6.54 Å². The zero-order valence-electron chi connectivity index (χ0n) is 9.03. The van der Waals surface area contributed by atoms with Gasteiger partial charge in [-0.2, -0.15) is 0 Å². The Balaban J connectivity index is -0.000000403. The third kappa shape index (κ3) is 8.32. The van der Waals surface area contributed by atoms with Crippen molar-refractivity contribution in [3.05, 3.63) is 35.9 Å². The molecule has 0 bridgehead atoms.